The van der Waals surface area contributed by atoms with Crippen molar-refractivity contribution in [3.63, 3.8) is 0 Å². The zero-order valence-electron chi connectivity index (χ0n) is 11.7. The van der Waals surface area contributed by atoms with Gasteiger partial charge in [-0.3, -0.25) is 9.59 Å². The summed E-state index contributed by atoms with van der Waals surface area (Å²) in [5.41, 5.74) is 2.52. The molecule has 1 aromatic carbocycles. The molecule has 4 nitrogen and oxygen atoms in total. The van der Waals surface area contributed by atoms with E-state index < -0.39 is 23.2 Å². The molecule has 19 heavy (non-hydrogen) atoms. The Labute approximate surface area is 112 Å². The van der Waals surface area contributed by atoms with Crippen molar-refractivity contribution in [2.75, 3.05) is 5.32 Å². The van der Waals surface area contributed by atoms with Gasteiger partial charge in [-0.15, -0.1) is 0 Å². The van der Waals surface area contributed by atoms with Crippen LogP contribution in [0.3, 0.4) is 0 Å². The highest BCUT2D eigenvalue weighted by molar-refractivity contribution is 5.99. The van der Waals surface area contributed by atoms with Gasteiger partial charge in [0.15, 0.2) is 0 Å². The standard InChI is InChI=1S/C15H19NO3/c1-8-5-6-10(7-9(8)2)16-13(17)11-12(14(18)19)15(11,3)4/h5-7,11-12H,1-4H3,(H,16,17)(H,18,19)/t11-,12+/m1/s1. The third kappa shape index (κ3) is 2.35. The number of hydrogen-bond acceptors (Lipinski definition) is 2. The summed E-state index contributed by atoms with van der Waals surface area (Å²) in [4.78, 5) is 23.2. The van der Waals surface area contributed by atoms with Crippen LogP contribution in [0, 0.1) is 31.1 Å². The summed E-state index contributed by atoms with van der Waals surface area (Å²) >= 11 is 0. The lowest BCUT2D eigenvalue weighted by Gasteiger charge is -2.08. The molecule has 1 amide bonds. The average molecular weight is 261 g/mol. The summed E-state index contributed by atoms with van der Waals surface area (Å²) in [7, 11) is 0. The maximum absolute atomic E-state index is 12.1. The molecule has 2 atom stereocenters. The van der Waals surface area contributed by atoms with Gasteiger partial charge < -0.3 is 10.4 Å². The number of aryl methyl sites for hydroxylation is 2. The molecule has 0 unspecified atom stereocenters. The Morgan fingerprint density at radius 3 is 2.26 bits per heavy atom. The minimum Gasteiger partial charge on any atom is -0.481 e. The van der Waals surface area contributed by atoms with E-state index in [0.717, 1.165) is 16.8 Å². The van der Waals surface area contributed by atoms with E-state index in [1.807, 2.05) is 45.9 Å². The predicted octanol–water partition coefficient (Wildman–Crippen LogP) is 2.60. The average Bonchev–Trinajstić information content (AvgIpc) is 2.87. The van der Waals surface area contributed by atoms with E-state index >= 15 is 0 Å². The van der Waals surface area contributed by atoms with E-state index in [1.54, 1.807) is 0 Å². The Kier molecular flexibility index (Phi) is 3.12. The molecule has 0 heterocycles. The van der Waals surface area contributed by atoms with Crippen LogP contribution in [0.4, 0.5) is 5.69 Å². The number of rotatable bonds is 3. The molecule has 1 fully saturated rings. The highest BCUT2D eigenvalue weighted by atomic mass is 16.4. The SMILES string of the molecule is Cc1ccc(NC(=O)[C@H]2[C@@H](C(=O)O)C2(C)C)cc1C. The maximum Gasteiger partial charge on any atom is 0.307 e. The molecule has 0 saturated heterocycles. The third-order valence-corrected chi connectivity index (χ3v) is 4.15. The van der Waals surface area contributed by atoms with Crippen molar-refractivity contribution in [3.8, 4) is 0 Å². The van der Waals surface area contributed by atoms with Gasteiger partial charge in [-0.1, -0.05) is 19.9 Å². The fourth-order valence-electron chi connectivity index (χ4n) is 2.63. The fraction of sp³-hybridized carbons (Fsp3) is 0.467. The highest BCUT2D eigenvalue weighted by Gasteiger charge is 2.65. The predicted molar refractivity (Wildman–Crippen MR) is 72.9 cm³/mol. The van der Waals surface area contributed by atoms with Gasteiger partial charge >= 0.3 is 5.97 Å². The molecule has 0 radical (unpaired) electrons. The number of carbonyl (C=O) groups is 2. The molecule has 102 valence electrons. The van der Waals surface area contributed by atoms with Gasteiger partial charge in [0, 0.05) is 5.69 Å². The zero-order chi connectivity index (χ0) is 14.4. The smallest absolute Gasteiger partial charge is 0.307 e. The summed E-state index contributed by atoms with van der Waals surface area (Å²) in [6, 6.07) is 5.68. The summed E-state index contributed by atoms with van der Waals surface area (Å²) in [6.45, 7) is 7.62. The molecule has 1 aliphatic rings. The van der Waals surface area contributed by atoms with E-state index in [2.05, 4.69) is 5.32 Å². The lowest BCUT2D eigenvalue weighted by molar-refractivity contribution is -0.140. The van der Waals surface area contributed by atoms with Gasteiger partial charge in [0.1, 0.15) is 0 Å². The van der Waals surface area contributed by atoms with Crippen LogP contribution in [-0.4, -0.2) is 17.0 Å². The summed E-state index contributed by atoms with van der Waals surface area (Å²) in [5.74, 6) is -2.14. The number of benzene rings is 1. The molecule has 0 aliphatic heterocycles. The van der Waals surface area contributed by atoms with Crippen molar-refractivity contribution in [2.24, 2.45) is 17.3 Å². The molecular formula is C15H19NO3. The first kappa shape index (κ1) is 13.6. The van der Waals surface area contributed by atoms with E-state index in [-0.39, 0.29) is 5.91 Å². The first-order valence-corrected chi connectivity index (χ1v) is 6.36. The molecule has 2 rings (SSSR count). The van der Waals surface area contributed by atoms with Gasteiger partial charge in [0.05, 0.1) is 11.8 Å². The second-order valence-electron chi connectivity index (χ2n) is 5.90. The monoisotopic (exact) mass is 261 g/mol. The van der Waals surface area contributed by atoms with E-state index in [4.69, 9.17) is 5.11 Å². The topological polar surface area (TPSA) is 66.4 Å². The number of aliphatic carboxylic acids is 1. The molecule has 2 N–H and O–H groups in total. The number of amides is 1. The van der Waals surface area contributed by atoms with E-state index in [0.29, 0.717) is 0 Å². The molecule has 0 spiro atoms. The second-order valence-corrected chi connectivity index (χ2v) is 5.90. The molecule has 4 heteroatoms. The van der Waals surface area contributed by atoms with Crippen LogP contribution in [-0.2, 0) is 9.59 Å². The summed E-state index contributed by atoms with van der Waals surface area (Å²) < 4.78 is 0. The van der Waals surface area contributed by atoms with Crippen molar-refractivity contribution in [3.05, 3.63) is 29.3 Å². The van der Waals surface area contributed by atoms with Gasteiger partial charge in [0.25, 0.3) is 0 Å². The number of carbonyl (C=O) groups excluding carboxylic acids is 1. The molecule has 1 aromatic rings. The Bertz CT molecular complexity index is 548. The van der Waals surface area contributed by atoms with Crippen LogP contribution < -0.4 is 5.32 Å². The van der Waals surface area contributed by atoms with Crippen LogP contribution >= 0.6 is 0 Å². The molecule has 1 saturated carbocycles. The van der Waals surface area contributed by atoms with Crippen LogP contribution in [0.5, 0.6) is 0 Å². The summed E-state index contributed by atoms with van der Waals surface area (Å²) in [5, 5.41) is 11.9. The number of anilines is 1. The molecule has 0 bridgehead atoms. The number of nitrogens with one attached hydrogen (secondary N) is 1. The minimum absolute atomic E-state index is 0.208. The van der Waals surface area contributed by atoms with E-state index in [1.165, 1.54) is 0 Å². The number of carboxylic acids is 1. The summed E-state index contributed by atoms with van der Waals surface area (Å²) in [6.07, 6.45) is 0. The first-order chi connectivity index (χ1) is 8.75. The van der Waals surface area contributed by atoms with Crippen molar-refractivity contribution >= 4 is 17.6 Å². The normalized spacial score (nSPS) is 23.8. The van der Waals surface area contributed by atoms with E-state index in [9.17, 15) is 9.59 Å². The zero-order valence-corrected chi connectivity index (χ0v) is 11.7. The lowest BCUT2D eigenvalue weighted by Crippen LogP contribution is -2.17. The van der Waals surface area contributed by atoms with Crippen molar-refractivity contribution in [1.82, 2.24) is 0 Å². The Balaban J connectivity index is 2.10. The second kappa shape index (κ2) is 4.37. The largest absolute Gasteiger partial charge is 0.481 e. The minimum atomic E-state index is -0.898. The van der Waals surface area contributed by atoms with Crippen LogP contribution in [0.15, 0.2) is 18.2 Å². The third-order valence-electron chi connectivity index (χ3n) is 4.15. The van der Waals surface area contributed by atoms with Gasteiger partial charge in [0.2, 0.25) is 5.91 Å². The molecule has 0 aromatic heterocycles. The maximum atomic E-state index is 12.1. The van der Waals surface area contributed by atoms with Crippen molar-refractivity contribution in [2.45, 2.75) is 27.7 Å². The number of hydrogen-bond donors (Lipinski definition) is 2. The Morgan fingerprint density at radius 2 is 1.79 bits per heavy atom. The van der Waals surface area contributed by atoms with Crippen LogP contribution in [0.2, 0.25) is 0 Å². The molecular weight excluding hydrogens is 242 g/mol. The fourth-order valence-corrected chi connectivity index (χ4v) is 2.63. The number of carboxylic acid groups (broad SMARTS) is 1. The quantitative estimate of drug-likeness (QED) is 0.879. The van der Waals surface area contributed by atoms with Gasteiger partial charge in [-0.05, 0) is 42.5 Å². The van der Waals surface area contributed by atoms with Crippen LogP contribution in [0.1, 0.15) is 25.0 Å². The Morgan fingerprint density at radius 1 is 1.16 bits per heavy atom. The molecule has 1 aliphatic carbocycles. The van der Waals surface area contributed by atoms with Crippen LogP contribution in [0.25, 0.3) is 0 Å². The van der Waals surface area contributed by atoms with Gasteiger partial charge in [-0.2, -0.15) is 0 Å². The first-order valence-electron chi connectivity index (χ1n) is 6.36. The highest BCUT2D eigenvalue weighted by Crippen LogP contribution is 2.58. The Hall–Kier alpha value is -1.84. The van der Waals surface area contributed by atoms with Crippen molar-refractivity contribution < 1.29 is 14.7 Å². The van der Waals surface area contributed by atoms with Gasteiger partial charge in [-0.25, -0.2) is 0 Å². The van der Waals surface area contributed by atoms with Crippen molar-refractivity contribution in [1.29, 1.82) is 0 Å². The lowest BCUT2D eigenvalue weighted by atomic mass is 10.1.